The third kappa shape index (κ3) is 24.4. The molecule has 0 saturated carbocycles. The van der Waals surface area contributed by atoms with Gasteiger partial charge in [-0.25, -0.2) is 40.2 Å². The highest BCUT2D eigenvalue weighted by atomic mass is 35.5. The minimum atomic E-state index is -0.596. The van der Waals surface area contributed by atoms with E-state index in [-0.39, 0.29) is 90.1 Å². The monoisotopic (exact) mass is 1590 g/mol. The molecule has 0 spiro atoms. The molecule has 0 unspecified atom stereocenters. The van der Waals surface area contributed by atoms with Crippen molar-refractivity contribution >= 4 is 69.5 Å². The van der Waals surface area contributed by atoms with Gasteiger partial charge in [0, 0.05) is 33.0 Å². The van der Waals surface area contributed by atoms with E-state index >= 15 is 0 Å². The average Bonchev–Trinajstić information content (AvgIpc) is 1.61. The molecule has 30 nitrogen and oxygen atoms in total. The van der Waals surface area contributed by atoms with Gasteiger partial charge in [0.15, 0.2) is 17.4 Å². The first kappa shape index (κ1) is 89.4. The summed E-state index contributed by atoms with van der Waals surface area (Å²) in [5.74, 6) is 3.94. The first-order chi connectivity index (χ1) is 54.5. The highest BCUT2D eigenvalue weighted by Gasteiger charge is 2.37. The van der Waals surface area contributed by atoms with Crippen LogP contribution in [-0.4, -0.2) is 163 Å². The smallest absolute Gasteiger partial charge is 0.410 e. The zero-order valence-corrected chi connectivity index (χ0v) is 67.3. The van der Waals surface area contributed by atoms with Crippen LogP contribution < -0.4 is 25.5 Å². The van der Waals surface area contributed by atoms with Crippen LogP contribution in [0.3, 0.4) is 0 Å². The number of halogens is 1. The van der Waals surface area contributed by atoms with Crippen LogP contribution in [0, 0.1) is 24.2 Å². The second kappa shape index (κ2) is 41.1. The Kier molecular flexibility index (Phi) is 32.0. The Labute approximate surface area is 674 Å². The first-order valence-electron chi connectivity index (χ1n) is 36.9. The average molecular weight is 1590 g/mol. The van der Waals surface area contributed by atoms with Crippen molar-refractivity contribution in [3.63, 3.8) is 0 Å². The molecule has 4 aromatic heterocycles. The fourth-order valence-electron chi connectivity index (χ4n) is 12.7. The largest absolute Gasteiger partial charge is 0.457 e. The third-order valence-corrected chi connectivity index (χ3v) is 17.6. The van der Waals surface area contributed by atoms with Crippen LogP contribution in [0.4, 0.5) is 31.6 Å². The number of hydrogen-bond donors (Lipinski definition) is 6. The number of aromatic nitrogens is 8. The Morgan fingerprint density at radius 1 is 0.513 bits per heavy atom. The number of aromatic amines is 2. The van der Waals surface area contributed by atoms with Gasteiger partial charge in [-0.2, -0.15) is 20.4 Å². The van der Waals surface area contributed by atoms with E-state index in [0.29, 0.717) is 83.5 Å². The fourth-order valence-corrected chi connectivity index (χ4v) is 12.7. The summed E-state index contributed by atoms with van der Waals surface area (Å²) in [5.41, 5.74) is 19.1. The molecule has 3 aliphatic rings. The first-order valence-corrected chi connectivity index (χ1v) is 37.7. The van der Waals surface area contributed by atoms with Crippen LogP contribution in [0.2, 0.25) is 0 Å². The number of amides is 3. The van der Waals surface area contributed by atoms with Gasteiger partial charge >= 0.3 is 18.3 Å². The van der Waals surface area contributed by atoms with Crippen molar-refractivity contribution in [2.24, 2.45) is 0 Å². The summed E-state index contributed by atoms with van der Waals surface area (Å²) < 4.78 is 37.1. The number of nitrogens with two attached hydrogens (primary N) is 1. The highest BCUT2D eigenvalue weighted by Crippen LogP contribution is 2.39. The maximum Gasteiger partial charge on any atom is 0.410 e. The van der Waals surface area contributed by atoms with Gasteiger partial charge in [0.25, 0.3) is 5.56 Å². The molecule has 0 aliphatic carbocycles. The van der Waals surface area contributed by atoms with Gasteiger partial charge in [0.1, 0.15) is 73.9 Å². The maximum atomic E-state index is 12.9. The van der Waals surface area contributed by atoms with Crippen molar-refractivity contribution in [1.29, 1.82) is 11.1 Å². The van der Waals surface area contributed by atoms with Gasteiger partial charge in [0.2, 0.25) is 11.4 Å². The van der Waals surface area contributed by atoms with E-state index in [9.17, 15) is 28.8 Å². The number of carbonyl (C=O) groups excluding carboxylic acids is 5. The number of para-hydroxylation sites is 3. The molecule has 31 heteroatoms. The van der Waals surface area contributed by atoms with Gasteiger partial charge in [0.05, 0.1) is 67.7 Å². The normalized spacial score (nSPS) is 14.7. The Morgan fingerprint density at radius 2 is 0.861 bits per heavy atom. The molecule has 0 bridgehead atoms. The van der Waals surface area contributed by atoms with Gasteiger partial charge in [-0.1, -0.05) is 78.9 Å². The number of carbonyl (C=O) groups is 5. The number of H-pyrrole nitrogens is 2. The zero-order chi connectivity index (χ0) is 83.0. The topological polar surface area (TPSA) is 395 Å². The Hall–Kier alpha value is -12.8. The number of benzene rings is 6. The number of nitrogens with zero attached hydrogens (tertiary/aromatic N) is 11. The molecule has 3 amide bonds. The number of aliphatic hydroxyl groups is 1. The number of fused-ring (bicyclic) bond motifs is 1. The summed E-state index contributed by atoms with van der Waals surface area (Å²) >= 11 is 4.64. The lowest BCUT2D eigenvalue weighted by molar-refractivity contribution is 0.0172. The van der Waals surface area contributed by atoms with Crippen LogP contribution in [0.25, 0.3) is 54.4 Å². The van der Waals surface area contributed by atoms with Gasteiger partial charge in [-0.3, -0.25) is 28.8 Å². The van der Waals surface area contributed by atoms with Gasteiger partial charge in [-0.15, -0.1) is 11.6 Å². The van der Waals surface area contributed by atoms with Crippen molar-refractivity contribution < 1.29 is 64.4 Å². The molecule has 9 N–H and O–H groups in total. The van der Waals surface area contributed by atoms with Crippen molar-refractivity contribution in [1.82, 2.24) is 54.7 Å². The molecule has 3 saturated heterocycles. The number of aliphatic hydroxyl groups excluding tert-OH is 1. The van der Waals surface area contributed by atoms with E-state index < -0.39 is 22.4 Å². The molecule has 3 atom stereocenters. The number of Topliss-reactive ketones (excluding diaryl/α,β-unsaturated/α-hetero) is 2. The van der Waals surface area contributed by atoms with Crippen molar-refractivity contribution in [3.8, 4) is 68.3 Å². The highest BCUT2D eigenvalue weighted by molar-refractivity contribution is 6.15. The summed E-state index contributed by atoms with van der Waals surface area (Å²) in [7, 11) is 0. The minimum Gasteiger partial charge on any atom is -0.457 e. The molecule has 115 heavy (non-hydrogen) atoms. The number of anilines is 1. The minimum absolute atomic E-state index is 0. The summed E-state index contributed by atoms with van der Waals surface area (Å²) in [4.78, 5) is 86.2. The predicted molar refractivity (Wildman–Crippen MR) is 440 cm³/mol. The summed E-state index contributed by atoms with van der Waals surface area (Å²) in [6, 6.07) is 50.0. The summed E-state index contributed by atoms with van der Waals surface area (Å²) in [6.45, 7) is 37.0. The van der Waals surface area contributed by atoms with E-state index in [1.807, 2.05) is 214 Å². The van der Waals surface area contributed by atoms with E-state index in [0.717, 1.165) is 66.9 Å². The lowest BCUT2D eigenvalue weighted by Crippen LogP contribution is -2.41. The number of hydrogen-bond acceptors (Lipinski definition) is 20. The van der Waals surface area contributed by atoms with Gasteiger partial charge in [-0.05, 0) is 211 Å². The predicted octanol–water partition coefficient (Wildman–Crippen LogP) is 17.9. The lowest BCUT2D eigenvalue weighted by Gasteiger charge is -2.28. The molecule has 608 valence electrons. The van der Waals surface area contributed by atoms with Gasteiger partial charge < -0.3 is 59.4 Å². The molecule has 3 fully saturated rings. The number of likely N-dealkylation sites (tertiary alicyclic amines) is 3. The number of rotatable bonds is 16. The second-order valence-corrected chi connectivity index (χ2v) is 29.5. The van der Waals surface area contributed by atoms with Crippen molar-refractivity contribution in [3.05, 3.63) is 208 Å². The van der Waals surface area contributed by atoms with E-state index in [1.165, 1.54) is 20.2 Å². The molecule has 10 aromatic rings. The molecule has 6 aromatic carbocycles. The third-order valence-electron chi connectivity index (χ3n) is 17.6. The molecule has 7 heterocycles. The Balaban J connectivity index is 0.000000247. The number of nitrogen functional groups attached to an aromatic ring is 1. The van der Waals surface area contributed by atoms with Crippen LogP contribution in [0.1, 0.15) is 137 Å². The number of ether oxygens (including phenoxy) is 6. The van der Waals surface area contributed by atoms with E-state index in [1.54, 1.807) is 36.2 Å². The second-order valence-electron chi connectivity index (χ2n) is 29.5. The van der Waals surface area contributed by atoms with Crippen molar-refractivity contribution in [2.45, 2.75) is 163 Å². The van der Waals surface area contributed by atoms with Crippen LogP contribution in [0.15, 0.2) is 169 Å². The number of alkyl halides is 1. The molecular weight excluding hydrogens is 1490 g/mol. The standard InChI is InChI=1S/C28H30N4O4.C27H30N6O4.C18H13N3O2.C10H19NO3.CH3Cl.H2N2.H2O.H2/c1-19(33)26-25(29-5)24(20-13-15-23(16-14-20)35-22-11-7-6-8-12-22)30-32(26)18-21-10-9-17-31(21)27(34)36-28(2,3)4;1-27(2,3)37-26(35)32-15-7-8-18(32)16-33-23-21(24(28)29-30-25(23)34)22(31-33)17-11-13-20(14-12-17)36-19-9-5-4-6-10-19;1-12(22)16-18(19-2)17(21-20-16)13-8-10-15(11-9-13)23-14-6-4-3-5-7-14;1-10(2,3)14-9(13)11-6-4-5-8(11)7-12;2*1-2;;/h6-8,11-16,21H,9-10,17-18H2,1-4H3;4-6,9-14,18H,7-8,15-16H2,1-3H3,(H2,28,29)(H,30,34);3-11H,1H3,(H,20,21);8,12H,4-7H2,1-3H3;1H3;1-2H;1H2;1H/t21-;18-;;8-;;;;/m00.0..../s1. The number of nitrogens with one attached hydrogen (secondary N) is 4. The summed E-state index contributed by atoms with van der Waals surface area (Å²) in [5, 5.41) is 32.1. The fraction of sp³-hybridized carbons (Fsp3) is 0.357. The van der Waals surface area contributed by atoms with E-state index in [4.69, 9.17) is 68.6 Å². The van der Waals surface area contributed by atoms with Crippen molar-refractivity contribution in [2.75, 3.05) is 38.4 Å². The molecule has 3 aliphatic heterocycles. The molecule has 0 radical (unpaired) electrons. The SMILES string of the molecule is CC(C)(C)OC(=O)N1CCC[C@H]1CO.CC(C)(C)OC(=O)N1CCC[C@H]1Cn1nc(-c2ccc(Oc3ccccc3)cc2)c2c(N)n[nH]c(=O)c21.CCl.N=N.O.[C-]#[N+]c1c(-c2ccc(Oc3ccccc3)cc2)n[nH]c1C(C)=O.[C-]#[N+]c1c(-c2ccc(Oc3ccccc3)cc2)nn(C[C@@H]2CCCN2C(=O)OC(C)(C)C)c1C(C)=O.[HH]. The zero-order valence-electron chi connectivity index (χ0n) is 66.5. The van der Waals surface area contributed by atoms with E-state index in [2.05, 4.69) is 46.8 Å². The Bertz CT molecular complexity index is 5030. The maximum absolute atomic E-state index is 12.9. The van der Waals surface area contributed by atoms with Crippen LogP contribution in [0.5, 0.6) is 34.5 Å². The molecule has 13 rings (SSSR count). The lowest BCUT2D eigenvalue weighted by atomic mass is 10.1. The van der Waals surface area contributed by atoms with Crippen LogP contribution >= 0.6 is 11.6 Å². The summed E-state index contributed by atoms with van der Waals surface area (Å²) in [6.07, 6.45) is 5.47. The Morgan fingerprint density at radius 3 is 1.23 bits per heavy atom. The number of ketones is 2. The quantitative estimate of drug-likeness (QED) is 0.0172. The molecular formula is C84H101ClN16O14. The van der Waals surface area contributed by atoms with Crippen LogP contribution in [-0.2, 0) is 27.3 Å².